The zero-order valence-corrected chi connectivity index (χ0v) is 15.0. The Balaban J connectivity index is 2.43. The summed E-state index contributed by atoms with van der Waals surface area (Å²) in [6, 6.07) is 6.54. The van der Waals surface area contributed by atoms with Crippen LogP contribution in [0.25, 0.3) is 0 Å². The fourth-order valence-electron chi connectivity index (χ4n) is 2.33. The number of carbonyl (C=O) groups excluding carboxylic acids is 3. The first-order chi connectivity index (χ1) is 13.1. The maximum absolute atomic E-state index is 12.8. The number of hydrogen-bond donors (Lipinski definition) is 0. The molecule has 9 heteroatoms. The predicted molar refractivity (Wildman–Crippen MR) is 90.4 cm³/mol. The first-order valence-corrected chi connectivity index (χ1v) is 7.79. The van der Waals surface area contributed by atoms with Gasteiger partial charge in [0.25, 0.3) is 5.78 Å². The number of methoxy groups -OCH3 is 2. The van der Waals surface area contributed by atoms with E-state index in [0.717, 1.165) is 38.5 Å². The van der Waals surface area contributed by atoms with Gasteiger partial charge in [-0.2, -0.15) is 13.2 Å². The number of benzene rings is 2. The van der Waals surface area contributed by atoms with Crippen molar-refractivity contribution in [3.05, 3.63) is 58.7 Å². The molecule has 0 spiro atoms. The van der Waals surface area contributed by atoms with Crippen LogP contribution in [0.4, 0.5) is 13.2 Å². The first kappa shape index (κ1) is 20.9. The second-order valence-electron chi connectivity index (χ2n) is 5.60. The third-order valence-corrected chi connectivity index (χ3v) is 3.74. The summed E-state index contributed by atoms with van der Waals surface area (Å²) in [7, 11) is 2.11. The van der Waals surface area contributed by atoms with Crippen LogP contribution in [-0.4, -0.2) is 31.9 Å². The maximum atomic E-state index is 12.8. The molecular weight excluding hydrogens is 381 g/mol. The molecule has 0 aliphatic rings. The lowest BCUT2D eigenvalue weighted by Crippen LogP contribution is -2.19. The number of rotatable bonds is 5. The van der Waals surface area contributed by atoms with Crippen LogP contribution in [-0.2, 0) is 20.4 Å². The molecule has 28 heavy (non-hydrogen) atoms. The van der Waals surface area contributed by atoms with Crippen molar-refractivity contribution in [2.24, 2.45) is 0 Å². The quantitative estimate of drug-likeness (QED) is 0.433. The maximum Gasteiger partial charge on any atom is 0.416 e. The molecule has 0 aliphatic heterocycles. The van der Waals surface area contributed by atoms with Gasteiger partial charge in [0.2, 0.25) is 0 Å². The minimum Gasteiger partial charge on any atom is -0.465 e. The van der Waals surface area contributed by atoms with Crippen molar-refractivity contribution in [3.8, 4) is 11.5 Å². The van der Waals surface area contributed by atoms with Gasteiger partial charge in [0.05, 0.1) is 25.3 Å². The second kappa shape index (κ2) is 8.12. The Bertz CT molecular complexity index is 934. The number of Topliss-reactive ketones (excluding diaryl/α,β-unsaturated/α-hetero) is 1. The summed E-state index contributed by atoms with van der Waals surface area (Å²) in [5.41, 5.74) is -1.14. The topological polar surface area (TPSA) is 78.9 Å². The summed E-state index contributed by atoms with van der Waals surface area (Å²) in [4.78, 5) is 35.6. The number of halogens is 3. The lowest BCUT2D eigenvalue weighted by molar-refractivity contribution is -0.137. The smallest absolute Gasteiger partial charge is 0.416 e. The van der Waals surface area contributed by atoms with Gasteiger partial charge < -0.3 is 14.2 Å². The van der Waals surface area contributed by atoms with Crippen molar-refractivity contribution in [2.45, 2.75) is 13.1 Å². The molecule has 0 N–H and O–H groups in total. The van der Waals surface area contributed by atoms with Crippen molar-refractivity contribution in [2.75, 3.05) is 14.2 Å². The standard InChI is InChI=1S/C19H15F3O6/c1-10-8-11(19(20,21)22)4-7-15(10)28-12-5-6-13(17(24)26-2)14(9-12)16(23)18(25)27-3/h4-9H,1-3H3. The Labute approximate surface area is 157 Å². The van der Waals surface area contributed by atoms with E-state index in [-0.39, 0.29) is 28.2 Å². The minimum atomic E-state index is -4.49. The summed E-state index contributed by atoms with van der Waals surface area (Å²) in [6.45, 7) is 1.42. The summed E-state index contributed by atoms with van der Waals surface area (Å²) >= 11 is 0. The van der Waals surface area contributed by atoms with E-state index in [1.165, 1.54) is 19.1 Å². The lowest BCUT2D eigenvalue weighted by atomic mass is 10.0. The van der Waals surface area contributed by atoms with Crippen LogP contribution >= 0.6 is 0 Å². The van der Waals surface area contributed by atoms with E-state index in [1.54, 1.807) is 0 Å². The largest absolute Gasteiger partial charge is 0.465 e. The average Bonchev–Trinajstić information content (AvgIpc) is 2.66. The molecule has 0 bridgehead atoms. The molecule has 0 heterocycles. The molecule has 0 saturated carbocycles. The van der Waals surface area contributed by atoms with Gasteiger partial charge in [0.15, 0.2) is 0 Å². The zero-order chi connectivity index (χ0) is 21.1. The summed E-state index contributed by atoms with van der Waals surface area (Å²) in [5, 5.41) is 0. The minimum absolute atomic E-state index is 0.0303. The SMILES string of the molecule is COC(=O)C(=O)c1cc(Oc2ccc(C(F)(F)F)cc2C)ccc1C(=O)OC. The van der Waals surface area contributed by atoms with Crippen molar-refractivity contribution < 1.29 is 41.8 Å². The van der Waals surface area contributed by atoms with Crippen LogP contribution in [0.1, 0.15) is 31.8 Å². The van der Waals surface area contributed by atoms with Gasteiger partial charge in [-0.3, -0.25) is 4.79 Å². The van der Waals surface area contributed by atoms with E-state index in [9.17, 15) is 27.6 Å². The average molecular weight is 396 g/mol. The van der Waals surface area contributed by atoms with Crippen LogP contribution < -0.4 is 4.74 Å². The number of esters is 2. The molecule has 2 aromatic carbocycles. The van der Waals surface area contributed by atoms with Gasteiger partial charge in [-0.25, -0.2) is 9.59 Å². The third-order valence-electron chi connectivity index (χ3n) is 3.74. The van der Waals surface area contributed by atoms with E-state index >= 15 is 0 Å². The molecule has 6 nitrogen and oxygen atoms in total. The Morgan fingerprint density at radius 1 is 0.893 bits per heavy atom. The molecule has 0 amide bonds. The van der Waals surface area contributed by atoms with Crippen LogP contribution in [0.5, 0.6) is 11.5 Å². The predicted octanol–water partition coefficient (Wildman–Crippen LogP) is 3.95. The fourth-order valence-corrected chi connectivity index (χ4v) is 2.33. The molecule has 0 atom stereocenters. The van der Waals surface area contributed by atoms with E-state index in [1.807, 2.05) is 0 Å². The molecule has 148 valence electrons. The molecular formula is C19H15F3O6. The number of hydrogen-bond acceptors (Lipinski definition) is 6. The molecule has 0 fully saturated rings. The van der Waals surface area contributed by atoms with Crippen LogP contribution in [0.15, 0.2) is 36.4 Å². The van der Waals surface area contributed by atoms with Crippen molar-refractivity contribution >= 4 is 17.7 Å². The Morgan fingerprint density at radius 3 is 2.11 bits per heavy atom. The van der Waals surface area contributed by atoms with Crippen LogP contribution in [0, 0.1) is 6.92 Å². The third kappa shape index (κ3) is 4.48. The van der Waals surface area contributed by atoms with E-state index < -0.39 is 29.5 Å². The second-order valence-corrected chi connectivity index (χ2v) is 5.60. The molecule has 0 saturated heterocycles. The van der Waals surface area contributed by atoms with Gasteiger partial charge in [0, 0.05) is 5.56 Å². The van der Waals surface area contributed by atoms with E-state index in [4.69, 9.17) is 4.74 Å². The van der Waals surface area contributed by atoms with Gasteiger partial charge in [-0.1, -0.05) is 0 Å². The summed E-state index contributed by atoms with van der Waals surface area (Å²) < 4.78 is 52.8. The normalized spacial score (nSPS) is 10.9. The molecule has 2 rings (SSSR count). The molecule has 0 radical (unpaired) electrons. The van der Waals surface area contributed by atoms with Crippen molar-refractivity contribution in [1.29, 1.82) is 0 Å². The summed E-state index contributed by atoms with van der Waals surface area (Å²) in [6.07, 6.45) is -4.49. The summed E-state index contributed by atoms with van der Waals surface area (Å²) in [5.74, 6) is -3.02. The monoisotopic (exact) mass is 396 g/mol. The highest BCUT2D eigenvalue weighted by atomic mass is 19.4. The van der Waals surface area contributed by atoms with Gasteiger partial charge in [-0.05, 0) is 48.9 Å². The zero-order valence-electron chi connectivity index (χ0n) is 15.0. The lowest BCUT2D eigenvalue weighted by Gasteiger charge is -2.13. The highest BCUT2D eigenvalue weighted by Gasteiger charge is 2.31. The number of ether oxygens (including phenoxy) is 3. The Hall–Kier alpha value is -3.36. The Morgan fingerprint density at radius 2 is 1.57 bits per heavy atom. The number of aryl methyl sites for hydroxylation is 1. The van der Waals surface area contributed by atoms with Gasteiger partial charge in [0.1, 0.15) is 11.5 Å². The molecule has 0 aromatic heterocycles. The van der Waals surface area contributed by atoms with Crippen LogP contribution in [0.3, 0.4) is 0 Å². The van der Waals surface area contributed by atoms with Crippen LogP contribution in [0.2, 0.25) is 0 Å². The fraction of sp³-hybridized carbons (Fsp3) is 0.211. The van der Waals surface area contributed by atoms with E-state index in [2.05, 4.69) is 9.47 Å². The first-order valence-electron chi connectivity index (χ1n) is 7.79. The van der Waals surface area contributed by atoms with Crippen molar-refractivity contribution in [3.63, 3.8) is 0 Å². The molecule has 0 aliphatic carbocycles. The van der Waals surface area contributed by atoms with Gasteiger partial charge in [-0.15, -0.1) is 0 Å². The molecule has 0 unspecified atom stereocenters. The highest BCUT2D eigenvalue weighted by molar-refractivity contribution is 6.42. The van der Waals surface area contributed by atoms with Gasteiger partial charge >= 0.3 is 18.1 Å². The Kier molecular flexibility index (Phi) is 6.07. The number of carbonyl (C=O) groups is 3. The van der Waals surface area contributed by atoms with Crippen molar-refractivity contribution in [1.82, 2.24) is 0 Å². The molecule has 2 aromatic rings. The number of alkyl halides is 3. The van der Waals surface area contributed by atoms with E-state index in [0.29, 0.717) is 0 Å². The number of ketones is 1. The highest BCUT2D eigenvalue weighted by Crippen LogP contribution is 2.34.